The first kappa shape index (κ1) is 11.3. The van der Waals surface area contributed by atoms with Gasteiger partial charge in [0.25, 0.3) is 5.78 Å². The lowest BCUT2D eigenvalue weighted by molar-refractivity contribution is -0.137. The molecule has 0 spiro atoms. The van der Waals surface area contributed by atoms with E-state index in [2.05, 4.69) is 9.72 Å². The Bertz CT molecular complexity index is 578. The van der Waals surface area contributed by atoms with Crippen molar-refractivity contribution in [2.24, 2.45) is 0 Å². The summed E-state index contributed by atoms with van der Waals surface area (Å²) < 4.78 is 4.65. The molecule has 2 rings (SSSR count). The Balaban J connectivity index is 2.36. The van der Waals surface area contributed by atoms with Crippen LogP contribution < -0.4 is 0 Å². The van der Waals surface area contributed by atoms with Gasteiger partial charge in [-0.3, -0.25) is 9.78 Å². The minimum atomic E-state index is -0.843. The summed E-state index contributed by atoms with van der Waals surface area (Å²) in [6.07, 6.45) is 1.39. The fourth-order valence-electron chi connectivity index (χ4n) is 1.51. The van der Waals surface area contributed by atoms with E-state index in [4.69, 9.17) is 0 Å². The molecule has 0 bridgehead atoms. The second-order valence-corrected chi connectivity index (χ2v) is 3.47. The molecule has 4 heteroatoms. The highest BCUT2D eigenvalue weighted by atomic mass is 16.5. The van der Waals surface area contributed by atoms with Gasteiger partial charge in [-0.05, 0) is 19.1 Å². The van der Waals surface area contributed by atoms with Crippen LogP contribution in [0.5, 0.6) is 0 Å². The molecule has 1 aromatic heterocycles. The molecule has 0 saturated heterocycles. The SMILES string of the molecule is CCOC(=O)C(=O)c1cnc2ccccc2c1. The number of pyridine rings is 1. The molecule has 0 radical (unpaired) electrons. The molecule has 4 nitrogen and oxygen atoms in total. The third kappa shape index (κ3) is 2.30. The largest absolute Gasteiger partial charge is 0.460 e. The van der Waals surface area contributed by atoms with Gasteiger partial charge in [0.05, 0.1) is 12.1 Å². The fraction of sp³-hybridized carbons (Fsp3) is 0.154. The van der Waals surface area contributed by atoms with Crippen LogP contribution >= 0.6 is 0 Å². The maximum absolute atomic E-state index is 11.7. The minimum Gasteiger partial charge on any atom is -0.460 e. The van der Waals surface area contributed by atoms with Crippen LogP contribution in [0.3, 0.4) is 0 Å². The number of carbonyl (C=O) groups is 2. The van der Waals surface area contributed by atoms with Crippen LogP contribution in [0.15, 0.2) is 36.5 Å². The first-order valence-corrected chi connectivity index (χ1v) is 5.28. The number of aromatic nitrogens is 1. The predicted octanol–water partition coefficient (Wildman–Crippen LogP) is 1.98. The highest BCUT2D eigenvalue weighted by Gasteiger charge is 2.17. The molecular weight excluding hydrogens is 218 g/mol. The van der Waals surface area contributed by atoms with Crippen molar-refractivity contribution in [3.8, 4) is 0 Å². The summed E-state index contributed by atoms with van der Waals surface area (Å²) in [4.78, 5) is 27.1. The molecule has 0 aliphatic carbocycles. The monoisotopic (exact) mass is 229 g/mol. The smallest absolute Gasteiger partial charge is 0.379 e. The lowest BCUT2D eigenvalue weighted by Gasteiger charge is -2.02. The van der Waals surface area contributed by atoms with Crippen LogP contribution in [0.2, 0.25) is 0 Å². The van der Waals surface area contributed by atoms with E-state index in [0.29, 0.717) is 0 Å². The second-order valence-electron chi connectivity index (χ2n) is 3.47. The molecule has 86 valence electrons. The summed E-state index contributed by atoms with van der Waals surface area (Å²) in [5, 5.41) is 0.822. The number of para-hydroxylation sites is 1. The average molecular weight is 229 g/mol. The number of ether oxygens (including phenoxy) is 1. The van der Waals surface area contributed by atoms with Crippen molar-refractivity contribution >= 4 is 22.7 Å². The first-order chi connectivity index (χ1) is 8.22. The quantitative estimate of drug-likeness (QED) is 0.458. The van der Waals surface area contributed by atoms with Gasteiger partial charge in [-0.1, -0.05) is 18.2 Å². The Morgan fingerprint density at radius 1 is 1.29 bits per heavy atom. The summed E-state index contributed by atoms with van der Waals surface area (Å²) in [7, 11) is 0. The molecule has 0 amide bonds. The molecule has 0 saturated carbocycles. The Morgan fingerprint density at radius 3 is 2.82 bits per heavy atom. The van der Waals surface area contributed by atoms with Crippen molar-refractivity contribution in [3.63, 3.8) is 0 Å². The molecule has 2 aromatic rings. The summed E-state index contributed by atoms with van der Waals surface area (Å²) in [5.41, 5.74) is 1.04. The number of nitrogens with zero attached hydrogens (tertiary/aromatic N) is 1. The number of benzene rings is 1. The molecule has 0 atom stereocenters. The van der Waals surface area contributed by atoms with E-state index in [0.717, 1.165) is 10.9 Å². The molecule has 0 fully saturated rings. The van der Waals surface area contributed by atoms with Crippen molar-refractivity contribution in [2.45, 2.75) is 6.92 Å². The predicted molar refractivity (Wildman–Crippen MR) is 62.7 cm³/mol. The van der Waals surface area contributed by atoms with Gasteiger partial charge in [0.1, 0.15) is 0 Å². The molecular formula is C13H11NO3. The fourth-order valence-corrected chi connectivity index (χ4v) is 1.51. The van der Waals surface area contributed by atoms with Gasteiger partial charge in [-0.25, -0.2) is 4.79 Å². The van der Waals surface area contributed by atoms with Gasteiger partial charge >= 0.3 is 5.97 Å². The molecule has 0 aliphatic heterocycles. The maximum atomic E-state index is 11.7. The minimum absolute atomic E-state index is 0.186. The van der Waals surface area contributed by atoms with E-state index < -0.39 is 11.8 Å². The topological polar surface area (TPSA) is 56.3 Å². The Kier molecular flexibility index (Phi) is 3.14. The van der Waals surface area contributed by atoms with Crippen LogP contribution in [0, 0.1) is 0 Å². The van der Waals surface area contributed by atoms with Crippen LogP contribution in [0.4, 0.5) is 0 Å². The highest BCUT2D eigenvalue weighted by molar-refractivity contribution is 6.40. The Morgan fingerprint density at radius 2 is 2.06 bits per heavy atom. The van der Waals surface area contributed by atoms with E-state index in [1.54, 1.807) is 13.0 Å². The number of Topliss-reactive ketones (excluding diaryl/α,β-unsaturated/α-hetero) is 1. The molecule has 0 aliphatic rings. The normalized spacial score (nSPS) is 10.2. The number of hydrogen-bond acceptors (Lipinski definition) is 4. The Hall–Kier alpha value is -2.23. The number of rotatable bonds is 3. The van der Waals surface area contributed by atoms with Gasteiger partial charge in [0.15, 0.2) is 0 Å². The van der Waals surface area contributed by atoms with Crippen LogP contribution in [0.1, 0.15) is 17.3 Å². The number of ketones is 1. The average Bonchev–Trinajstić information content (AvgIpc) is 2.37. The van der Waals surface area contributed by atoms with Crippen molar-refractivity contribution in [3.05, 3.63) is 42.1 Å². The van der Waals surface area contributed by atoms with Crippen molar-refractivity contribution in [1.29, 1.82) is 0 Å². The third-order valence-electron chi connectivity index (χ3n) is 2.31. The van der Waals surface area contributed by atoms with E-state index in [-0.39, 0.29) is 12.2 Å². The van der Waals surface area contributed by atoms with Gasteiger partial charge < -0.3 is 4.74 Å². The lowest BCUT2D eigenvalue weighted by Crippen LogP contribution is -2.17. The highest BCUT2D eigenvalue weighted by Crippen LogP contribution is 2.13. The van der Waals surface area contributed by atoms with Gasteiger partial charge in [-0.15, -0.1) is 0 Å². The zero-order chi connectivity index (χ0) is 12.3. The van der Waals surface area contributed by atoms with Gasteiger partial charge in [-0.2, -0.15) is 0 Å². The molecule has 0 N–H and O–H groups in total. The molecule has 0 unspecified atom stereocenters. The van der Waals surface area contributed by atoms with Gasteiger partial charge in [0.2, 0.25) is 0 Å². The summed E-state index contributed by atoms with van der Waals surface area (Å²) in [6, 6.07) is 9.03. The van der Waals surface area contributed by atoms with Crippen LogP contribution in [0.25, 0.3) is 10.9 Å². The van der Waals surface area contributed by atoms with E-state index in [1.807, 2.05) is 24.3 Å². The summed E-state index contributed by atoms with van der Waals surface area (Å²) >= 11 is 0. The van der Waals surface area contributed by atoms with Crippen LogP contribution in [-0.4, -0.2) is 23.3 Å². The molecule has 17 heavy (non-hydrogen) atoms. The van der Waals surface area contributed by atoms with E-state index in [1.165, 1.54) is 6.20 Å². The first-order valence-electron chi connectivity index (χ1n) is 5.28. The van der Waals surface area contributed by atoms with Crippen LogP contribution in [-0.2, 0) is 9.53 Å². The van der Waals surface area contributed by atoms with E-state index >= 15 is 0 Å². The Labute approximate surface area is 98.2 Å². The number of carbonyl (C=O) groups excluding carboxylic acids is 2. The second kappa shape index (κ2) is 4.74. The molecule has 1 aromatic carbocycles. The standard InChI is InChI=1S/C13H11NO3/c1-2-17-13(16)12(15)10-7-9-5-3-4-6-11(9)14-8-10/h3-8H,2H2,1H3. The number of hydrogen-bond donors (Lipinski definition) is 0. The number of fused-ring (bicyclic) bond motifs is 1. The maximum Gasteiger partial charge on any atom is 0.379 e. The zero-order valence-corrected chi connectivity index (χ0v) is 9.34. The number of esters is 1. The van der Waals surface area contributed by atoms with Crippen molar-refractivity contribution in [2.75, 3.05) is 6.61 Å². The van der Waals surface area contributed by atoms with Gasteiger partial charge in [0, 0.05) is 17.1 Å². The third-order valence-corrected chi connectivity index (χ3v) is 2.31. The van der Waals surface area contributed by atoms with E-state index in [9.17, 15) is 9.59 Å². The van der Waals surface area contributed by atoms with Crippen molar-refractivity contribution < 1.29 is 14.3 Å². The zero-order valence-electron chi connectivity index (χ0n) is 9.34. The summed E-state index contributed by atoms with van der Waals surface area (Å²) in [5.74, 6) is -1.50. The molecule has 1 heterocycles. The lowest BCUT2D eigenvalue weighted by atomic mass is 10.1. The van der Waals surface area contributed by atoms with Crippen molar-refractivity contribution in [1.82, 2.24) is 4.98 Å². The summed E-state index contributed by atoms with van der Waals surface area (Å²) in [6.45, 7) is 1.84.